The van der Waals surface area contributed by atoms with Crippen molar-refractivity contribution < 1.29 is 9.53 Å². The molecular weight excluding hydrogens is 248 g/mol. The molecule has 0 aliphatic carbocycles. The van der Waals surface area contributed by atoms with E-state index in [9.17, 15) is 4.79 Å². The predicted molar refractivity (Wildman–Crippen MR) is 75.0 cm³/mol. The van der Waals surface area contributed by atoms with Crippen molar-refractivity contribution in [1.29, 1.82) is 0 Å². The number of benzene rings is 1. The molecule has 0 aliphatic heterocycles. The van der Waals surface area contributed by atoms with Gasteiger partial charge in [-0.2, -0.15) is 0 Å². The molecule has 0 heterocycles. The van der Waals surface area contributed by atoms with E-state index in [1.54, 1.807) is 0 Å². The third kappa shape index (κ3) is 4.34. The van der Waals surface area contributed by atoms with Crippen LogP contribution >= 0.6 is 11.6 Å². The fourth-order valence-corrected chi connectivity index (χ4v) is 1.75. The maximum atomic E-state index is 11.9. The first-order valence-electron chi connectivity index (χ1n) is 6.17. The highest BCUT2D eigenvalue weighted by molar-refractivity contribution is 6.30. The Morgan fingerprint density at radius 3 is 2.28 bits per heavy atom. The van der Waals surface area contributed by atoms with Gasteiger partial charge in [-0.25, -0.2) is 0 Å². The highest BCUT2D eigenvalue weighted by Gasteiger charge is 2.24. The zero-order chi connectivity index (χ0) is 13.9. The van der Waals surface area contributed by atoms with Crippen LogP contribution in [0.25, 0.3) is 0 Å². The van der Waals surface area contributed by atoms with Gasteiger partial charge in [-0.3, -0.25) is 4.79 Å². The molecule has 100 valence electrons. The molecule has 0 saturated heterocycles. The highest BCUT2D eigenvalue weighted by atomic mass is 35.5. The summed E-state index contributed by atoms with van der Waals surface area (Å²) in [6.07, 6.45) is 0. The minimum absolute atomic E-state index is 0.398. The van der Waals surface area contributed by atoms with Crippen molar-refractivity contribution in [2.75, 3.05) is 0 Å². The smallest absolute Gasteiger partial charge is 0.329 e. The second-order valence-electron chi connectivity index (χ2n) is 5.72. The molecule has 1 unspecified atom stereocenters. The van der Waals surface area contributed by atoms with E-state index in [0.717, 1.165) is 5.56 Å². The van der Waals surface area contributed by atoms with Gasteiger partial charge in [0.1, 0.15) is 5.60 Å². The van der Waals surface area contributed by atoms with Gasteiger partial charge in [0.25, 0.3) is 0 Å². The van der Waals surface area contributed by atoms with Gasteiger partial charge in [-0.05, 0) is 37.8 Å². The van der Waals surface area contributed by atoms with Crippen LogP contribution in [-0.4, -0.2) is 11.6 Å². The number of hydrogen-bond donors (Lipinski definition) is 0. The number of carbonyl (C=O) groups excluding carboxylic acids is 1. The lowest BCUT2D eigenvalue weighted by Gasteiger charge is -2.21. The Morgan fingerprint density at radius 2 is 1.78 bits per heavy atom. The summed E-state index contributed by atoms with van der Waals surface area (Å²) in [5, 5.41) is -0.747. The molecule has 0 N–H and O–H groups in total. The molecule has 3 heteroatoms. The largest absolute Gasteiger partial charge is 0.459 e. The second kappa shape index (κ2) is 5.75. The van der Waals surface area contributed by atoms with Crippen molar-refractivity contribution in [2.24, 2.45) is 0 Å². The maximum absolute atomic E-state index is 11.9. The van der Waals surface area contributed by atoms with E-state index < -0.39 is 16.9 Å². The Bertz CT molecular complexity index is 419. The van der Waals surface area contributed by atoms with Crippen molar-refractivity contribution in [3.05, 3.63) is 35.4 Å². The molecule has 18 heavy (non-hydrogen) atoms. The summed E-state index contributed by atoms with van der Waals surface area (Å²) in [5.41, 5.74) is 1.44. The van der Waals surface area contributed by atoms with Crippen molar-refractivity contribution in [3.63, 3.8) is 0 Å². The lowest BCUT2D eigenvalue weighted by atomic mass is 9.99. The van der Waals surface area contributed by atoms with Crippen LogP contribution in [-0.2, 0) is 9.53 Å². The molecule has 1 aromatic carbocycles. The molecule has 1 aromatic rings. The van der Waals surface area contributed by atoms with Gasteiger partial charge >= 0.3 is 5.97 Å². The van der Waals surface area contributed by atoms with Crippen LogP contribution in [0.5, 0.6) is 0 Å². The van der Waals surface area contributed by atoms with E-state index in [1.807, 2.05) is 45.0 Å². The Labute approximate surface area is 114 Å². The summed E-state index contributed by atoms with van der Waals surface area (Å²) in [5.74, 6) is 0.0116. The third-order valence-electron chi connectivity index (χ3n) is 2.48. The molecule has 0 saturated carbocycles. The Kier molecular flexibility index (Phi) is 4.80. The summed E-state index contributed by atoms with van der Waals surface area (Å²) >= 11 is 6.16. The van der Waals surface area contributed by atoms with Crippen LogP contribution < -0.4 is 0 Å². The molecule has 0 aliphatic rings. The van der Waals surface area contributed by atoms with E-state index in [0.29, 0.717) is 5.92 Å². The third-order valence-corrected chi connectivity index (χ3v) is 2.91. The molecule has 0 aromatic heterocycles. The van der Waals surface area contributed by atoms with Crippen LogP contribution in [0.3, 0.4) is 0 Å². The Morgan fingerprint density at radius 1 is 1.22 bits per heavy atom. The molecule has 0 amide bonds. The monoisotopic (exact) mass is 268 g/mol. The molecule has 0 bridgehead atoms. The lowest BCUT2D eigenvalue weighted by Crippen LogP contribution is -2.26. The van der Waals surface area contributed by atoms with Crippen LogP contribution in [0.1, 0.15) is 57.0 Å². The lowest BCUT2D eigenvalue weighted by molar-refractivity contribution is -0.154. The molecule has 0 radical (unpaired) electrons. The van der Waals surface area contributed by atoms with Crippen LogP contribution in [0.4, 0.5) is 0 Å². The second-order valence-corrected chi connectivity index (χ2v) is 6.16. The van der Waals surface area contributed by atoms with Gasteiger partial charge in [-0.1, -0.05) is 38.1 Å². The van der Waals surface area contributed by atoms with E-state index in [2.05, 4.69) is 13.8 Å². The SMILES string of the molecule is CC(C)c1cccc(C(Cl)C(=O)OC(C)(C)C)c1. The zero-order valence-electron chi connectivity index (χ0n) is 11.7. The molecule has 2 nitrogen and oxygen atoms in total. The van der Waals surface area contributed by atoms with Gasteiger partial charge in [-0.15, -0.1) is 11.6 Å². The summed E-state index contributed by atoms with van der Waals surface area (Å²) < 4.78 is 5.28. The first kappa shape index (κ1) is 15.0. The minimum atomic E-state index is -0.747. The average molecular weight is 269 g/mol. The maximum Gasteiger partial charge on any atom is 0.329 e. The molecule has 1 rings (SSSR count). The summed E-state index contributed by atoms with van der Waals surface area (Å²) in [6, 6.07) is 7.77. The van der Waals surface area contributed by atoms with E-state index in [1.165, 1.54) is 5.56 Å². The number of rotatable bonds is 3. The highest BCUT2D eigenvalue weighted by Crippen LogP contribution is 2.27. The van der Waals surface area contributed by atoms with Crippen molar-refractivity contribution in [1.82, 2.24) is 0 Å². The van der Waals surface area contributed by atoms with Gasteiger partial charge in [0, 0.05) is 0 Å². The van der Waals surface area contributed by atoms with E-state index in [4.69, 9.17) is 16.3 Å². The van der Waals surface area contributed by atoms with Crippen LogP contribution in [0.15, 0.2) is 24.3 Å². The first-order valence-corrected chi connectivity index (χ1v) is 6.61. The van der Waals surface area contributed by atoms with Crippen molar-refractivity contribution in [2.45, 2.75) is 51.5 Å². The quantitative estimate of drug-likeness (QED) is 0.599. The summed E-state index contributed by atoms with van der Waals surface area (Å²) in [7, 11) is 0. The first-order chi connectivity index (χ1) is 8.20. The minimum Gasteiger partial charge on any atom is -0.459 e. The number of hydrogen-bond acceptors (Lipinski definition) is 2. The zero-order valence-corrected chi connectivity index (χ0v) is 12.4. The normalized spacial score (nSPS) is 13.5. The number of carbonyl (C=O) groups is 1. The summed E-state index contributed by atoms with van der Waals surface area (Å²) in [6.45, 7) is 9.71. The summed E-state index contributed by atoms with van der Waals surface area (Å²) in [4.78, 5) is 11.9. The van der Waals surface area contributed by atoms with Crippen LogP contribution in [0.2, 0.25) is 0 Å². The topological polar surface area (TPSA) is 26.3 Å². The van der Waals surface area contributed by atoms with Crippen LogP contribution in [0, 0.1) is 0 Å². The number of ether oxygens (including phenoxy) is 1. The molecule has 0 fully saturated rings. The Balaban J connectivity index is 2.87. The van der Waals surface area contributed by atoms with Gasteiger partial charge < -0.3 is 4.74 Å². The van der Waals surface area contributed by atoms with Crippen molar-refractivity contribution >= 4 is 17.6 Å². The van der Waals surface area contributed by atoms with Gasteiger partial charge in [0.2, 0.25) is 0 Å². The number of halogens is 1. The fourth-order valence-electron chi connectivity index (χ4n) is 1.57. The number of alkyl halides is 1. The van der Waals surface area contributed by atoms with E-state index >= 15 is 0 Å². The predicted octanol–water partition coefficient (Wildman–Crippen LogP) is 4.43. The average Bonchev–Trinajstić information content (AvgIpc) is 2.26. The molecular formula is C15H21ClO2. The van der Waals surface area contributed by atoms with E-state index in [-0.39, 0.29) is 0 Å². The Hall–Kier alpha value is -1.02. The van der Waals surface area contributed by atoms with Gasteiger partial charge in [0.05, 0.1) is 0 Å². The fraction of sp³-hybridized carbons (Fsp3) is 0.533. The van der Waals surface area contributed by atoms with Gasteiger partial charge in [0.15, 0.2) is 5.38 Å². The standard InChI is InChI=1S/C15H21ClO2/c1-10(2)11-7-6-8-12(9-11)13(16)14(17)18-15(3,4)5/h6-10,13H,1-5H3. The number of esters is 1. The molecule has 1 atom stereocenters. The molecule has 0 spiro atoms. The van der Waals surface area contributed by atoms with Crippen molar-refractivity contribution in [3.8, 4) is 0 Å².